The third kappa shape index (κ3) is 5.24. The smallest absolute Gasteiger partial charge is 0.125 e. The third-order valence-corrected chi connectivity index (χ3v) is 2.53. The molecule has 0 saturated carbocycles. The fraction of sp³-hybridized carbons (Fsp3) is 0.692. The zero-order valence-corrected chi connectivity index (χ0v) is 11.3. The van der Waals surface area contributed by atoms with E-state index in [1.54, 1.807) is 7.11 Å². The summed E-state index contributed by atoms with van der Waals surface area (Å²) in [6.45, 7) is 7.82. The van der Waals surface area contributed by atoms with Crippen molar-refractivity contribution in [3.05, 3.63) is 23.3 Å². The van der Waals surface area contributed by atoms with Crippen molar-refractivity contribution in [1.29, 1.82) is 0 Å². The van der Waals surface area contributed by atoms with Gasteiger partial charge >= 0.3 is 0 Å². The molecule has 17 heavy (non-hydrogen) atoms. The number of methoxy groups -OCH3 is 1. The Morgan fingerprint density at radius 2 is 2.12 bits per heavy atom. The van der Waals surface area contributed by atoms with E-state index in [9.17, 15) is 0 Å². The van der Waals surface area contributed by atoms with Crippen molar-refractivity contribution in [2.75, 3.05) is 20.3 Å². The Morgan fingerprint density at radius 3 is 2.71 bits per heavy atom. The van der Waals surface area contributed by atoms with Crippen LogP contribution in [0.25, 0.3) is 0 Å². The average molecular weight is 237 g/mol. The van der Waals surface area contributed by atoms with Gasteiger partial charge in [-0.25, -0.2) is 9.97 Å². The lowest BCUT2D eigenvalue weighted by Crippen LogP contribution is -2.36. The van der Waals surface area contributed by atoms with E-state index in [4.69, 9.17) is 4.74 Å². The molecule has 1 atom stereocenters. The van der Waals surface area contributed by atoms with Gasteiger partial charge in [0.1, 0.15) is 5.82 Å². The topological polar surface area (TPSA) is 47.0 Å². The average Bonchev–Trinajstić information content (AvgIpc) is 2.24. The molecule has 1 aromatic rings. The van der Waals surface area contributed by atoms with Crippen LogP contribution < -0.4 is 5.32 Å². The van der Waals surface area contributed by atoms with Gasteiger partial charge in [0.2, 0.25) is 0 Å². The summed E-state index contributed by atoms with van der Waals surface area (Å²) in [5, 5.41) is 3.47. The highest BCUT2D eigenvalue weighted by Gasteiger charge is 2.10. The first-order valence-corrected chi connectivity index (χ1v) is 6.19. The van der Waals surface area contributed by atoms with Crippen LogP contribution in [0.15, 0.2) is 6.07 Å². The second-order valence-electron chi connectivity index (χ2n) is 4.36. The Hall–Kier alpha value is -1.00. The quantitative estimate of drug-likeness (QED) is 0.783. The number of hydrogen-bond acceptors (Lipinski definition) is 4. The summed E-state index contributed by atoms with van der Waals surface area (Å²) in [6, 6.07) is 2.37. The van der Waals surface area contributed by atoms with Gasteiger partial charge in [-0.1, -0.05) is 6.92 Å². The fourth-order valence-electron chi connectivity index (χ4n) is 1.89. The van der Waals surface area contributed by atoms with E-state index in [1.165, 1.54) is 0 Å². The van der Waals surface area contributed by atoms with Gasteiger partial charge in [-0.2, -0.15) is 0 Å². The summed E-state index contributed by atoms with van der Waals surface area (Å²) in [4.78, 5) is 8.74. The molecule has 0 aromatic carbocycles. The standard InChI is InChI=1S/C13H23N3O/c1-5-6-14-13(9-17-4)8-12-7-10(2)15-11(3)16-12/h7,13-14H,5-6,8-9H2,1-4H3. The molecule has 0 aliphatic rings. The molecule has 0 spiro atoms. The highest BCUT2D eigenvalue weighted by atomic mass is 16.5. The van der Waals surface area contributed by atoms with Crippen molar-refractivity contribution < 1.29 is 4.74 Å². The predicted octanol–water partition coefficient (Wildman–Crippen LogP) is 1.65. The number of hydrogen-bond donors (Lipinski definition) is 1. The molecule has 96 valence electrons. The third-order valence-electron chi connectivity index (χ3n) is 2.53. The van der Waals surface area contributed by atoms with Gasteiger partial charge in [-0.05, 0) is 32.9 Å². The number of ether oxygens (including phenoxy) is 1. The number of aryl methyl sites for hydroxylation is 2. The maximum atomic E-state index is 5.23. The van der Waals surface area contributed by atoms with E-state index >= 15 is 0 Å². The molecule has 0 radical (unpaired) electrons. The lowest BCUT2D eigenvalue weighted by Gasteiger charge is -2.17. The first-order valence-electron chi connectivity index (χ1n) is 6.19. The lowest BCUT2D eigenvalue weighted by molar-refractivity contribution is 0.165. The van der Waals surface area contributed by atoms with Crippen LogP contribution in [0.4, 0.5) is 0 Å². The highest BCUT2D eigenvalue weighted by Crippen LogP contribution is 2.04. The normalized spacial score (nSPS) is 12.7. The Kier molecular flexibility index (Phi) is 6.08. The van der Waals surface area contributed by atoms with Gasteiger partial charge in [0.15, 0.2) is 0 Å². The minimum Gasteiger partial charge on any atom is -0.383 e. The van der Waals surface area contributed by atoms with E-state index in [-0.39, 0.29) is 0 Å². The van der Waals surface area contributed by atoms with E-state index in [2.05, 4.69) is 22.2 Å². The van der Waals surface area contributed by atoms with Crippen molar-refractivity contribution in [3.8, 4) is 0 Å². The van der Waals surface area contributed by atoms with Crippen molar-refractivity contribution in [3.63, 3.8) is 0 Å². The Balaban J connectivity index is 2.63. The van der Waals surface area contributed by atoms with Gasteiger partial charge in [0.25, 0.3) is 0 Å². The van der Waals surface area contributed by atoms with E-state index in [0.717, 1.165) is 36.6 Å². The molecule has 1 unspecified atom stereocenters. The van der Waals surface area contributed by atoms with Gasteiger partial charge in [0.05, 0.1) is 6.61 Å². The largest absolute Gasteiger partial charge is 0.383 e. The molecule has 4 heteroatoms. The fourth-order valence-corrected chi connectivity index (χ4v) is 1.89. The number of rotatable bonds is 7. The second kappa shape index (κ2) is 7.35. The predicted molar refractivity (Wildman–Crippen MR) is 69.2 cm³/mol. The minimum absolute atomic E-state index is 0.327. The van der Waals surface area contributed by atoms with Crippen LogP contribution in [0.3, 0.4) is 0 Å². The van der Waals surface area contributed by atoms with Crippen molar-refractivity contribution in [2.45, 2.75) is 39.7 Å². The molecule has 1 rings (SSSR count). The number of aromatic nitrogens is 2. The molecule has 0 amide bonds. The molecule has 1 aromatic heterocycles. The molecule has 0 saturated heterocycles. The highest BCUT2D eigenvalue weighted by molar-refractivity contribution is 5.10. The summed E-state index contributed by atoms with van der Waals surface area (Å²) in [5.41, 5.74) is 2.11. The summed E-state index contributed by atoms with van der Waals surface area (Å²) < 4.78 is 5.23. The van der Waals surface area contributed by atoms with Crippen LogP contribution in [-0.2, 0) is 11.2 Å². The maximum Gasteiger partial charge on any atom is 0.125 e. The van der Waals surface area contributed by atoms with Crippen LogP contribution in [0.1, 0.15) is 30.6 Å². The molecule has 4 nitrogen and oxygen atoms in total. The lowest BCUT2D eigenvalue weighted by atomic mass is 10.1. The Bertz CT molecular complexity index is 321. The summed E-state index contributed by atoms with van der Waals surface area (Å²) >= 11 is 0. The van der Waals surface area contributed by atoms with Crippen LogP contribution in [0.2, 0.25) is 0 Å². The monoisotopic (exact) mass is 237 g/mol. The Labute approximate surface area is 104 Å². The van der Waals surface area contributed by atoms with Gasteiger partial charge in [-0.3, -0.25) is 0 Å². The van der Waals surface area contributed by atoms with Crippen LogP contribution in [0, 0.1) is 13.8 Å². The SMILES string of the molecule is CCCNC(COC)Cc1cc(C)nc(C)n1. The van der Waals surface area contributed by atoms with E-state index in [0.29, 0.717) is 12.6 Å². The van der Waals surface area contributed by atoms with Gasteiger partial charge in [-0.15, -0.1) is 0 Å². The first-order chi connectivity index (χ1) is 8.15. The molecule has 0 fully saturated rings. The van der Waals surface area contributed by atoms with Crippen molar-refractivity contribution in [1.82, 2.24) is 15.3 Å². The zero-order chi connectivity index (χ0) is 12.7. The van der Waals surface area contributed by atoms with Gasteiger partial charge < -0.3 is 10.1 Å². The summed E-state index contributed by atoms with van der Waals surface area (Å²) in [6.07, 6.45) is 2.01. The number of nitrogens with one attached hydrogen (secondary N) is 1. The molecule has 0 bridgehead atoms. The molecular formula is C13H23N3O. The van der Waals surface area contributed by atoms with E-state index in [1.807, 2.05) is 19.9 Å². The van der Waals surface area contributed by atoms with Gasteiger partial charge in [0, 0.05) is 31.0 Å². The van der Waals surface area contributed by atoms with Crippen molar-refractivity contribution >= 4 is 0 Å². The van der Waals surface area contributed by atoms with Crippen LogP contribution in [-0.4, -0.2) is 36.3 Å². The second-order valence-corrected chi connectivity index (χ2v) is 4.36. The van der Waals surface area contributed by atoms with Crippen LogP contribution in [0.5, 0.6) is 0 Å². The zero-order valence-electron chi connectivity index (χ0n) is 11.3. The molecule has 0 aliphatic heterocycles. The minimum atomic E-state index is 0.327. The summed E-state index contributed by atoms with van der Waals surface area (Å²) in [5.74, 6) is 0.839. The number of nitrogens with zero attached hydrogens (tertiary/aromatic N) is 2. The molecule has 1 heterocycles. The molecule has 1 N–H and O–H groups in total. The first kappa shape index (κ1) is 14.1. The van der Waals surface area contributed by atoms with Crippen LogP contribution >= 0.6 is 0 Å². The molecule has 0 aliphatic carbocycles. The summed E-state index contributed by atoms with van der Waals surface area (Å²) in [7, 11) is 1.73. The van der Waals surface area contributed by atoms with E-state index < -0.39 is 0 Å². The molecular weight excluding hydrogens is 214 g/mol. The maximum absolute atomic E-state index is 5.23. The van der Waals surface area contributed by atoms with Crippen molar-refractivity contribution in [2.24, 2.45) is 0 Å². The Morgan fingerprint density at radius 1 is 1.35 bits per heavy atom.